The van der Waals surface area contributed by atoms with Crippen LogP contribution in [0.2, 0.25) is 0 Å². The molecule has 280 valence electrons. The average Bonchev–Trinajstić information content (AvgIpc) is 3.74. The Morgan fingerprint density at radius 1 is 0.322 bits per heavy atom. The SMILES string of the molecule is CC1(C)c2ccccc2-c2ccc(N(c3ccccc3-c3cccc(-c4ccccc4)c3)c3cccc4c3-c3ccccc3C4(c3ccccc3)c3ccccc3)cc21. The minimum absolute atomic E-state index is 0.155. The first kappa shape index (κ1) is 35.0. The summed E-state index contributed by atoms with van der Waals surface area (Å²) in [5, 5.41) is 0. The third-order valence-electron chi connectivity index (χ3n) is 13.0. The lowest BCUT2D eigenvalue weighted by molar-refractivity contribution is 0.660. The van der Waals surface area contributed by atoms with E-state index in [4.69, 9.17) is 0 Å². The van der Waals surface area contributed by atoms with Gasteiger partial charge in [0.05, 0.1) is 16.8 Å². The van der Waals surface area contributed by atoms with Gasteiger partial charge in [-0.3, -0.25) is 0 Å². The van der Waals surface area contributed by atoms with Crippen LogP contribution >= 0.6 is 0 Å². The lowest BCUT2D eigenvalue weighted by atomic mass is 9.68. The highest BCUT2D eigenvalue weighted by Crippen LogP contribution is 2.60. The maximum atomic E-state index is 2.55. The second-order valence-corrected chi connectivity index (χ2v) is 16.4. The van der Waals surface area contributed by atoms with Crippen molar-refractivity contribution in [1.29, 1.82) is 0 Å². The van der Waals surface area contributed by atoms with Crippen molar-refractivity contribution in [3.8, 4) is 44.5 Å². The van der Waals surface area contributed by atoms with Crippen molar-refractivity contribution in [3.05, 3.63) is 258 Å². The van der Waals surface area contributed by atoms with Crippen LogP contribution in [0.3, 0.4) is 0 Å². The van der Waals surface area contributed by atoms with E-state index >= 15 is 0 Å². The second-order valence-electron chi connectivity index (χ2n) is 16.4. The predicted octanol–water partition coefficient (Wildman–Crippen LogP) is 15.2. The van der Waals surface area contributed by atoms with E-state index in [9.17, 15) is 0 Å². The highest BCUT2D eigenvalue weighted by molar-refractivity contribution is 6.00. The molecule has 11 rings (SSSR count). The summed E-state index contributed by atoms with van der Waals surface area (Å²) in [4.78, 5) is 2.55. The van der Waals surface area contributed by atoms with Gasteiger partial charge in [0.25, 0.3) is 0 Å². The van der Waals surface area contributed by atoms with Crippen molar-refractivity contribution in [1.82, 2.24) is 0 Å². The van der Waals surface area contributed by atoms with Gasteiger partial charge in [-0.15, -0.1) is 0 Å². The van der Waals surface area contributed by atoms with Gasteiger partial charge in [-0.05, 0) is 97.1 Å². The Bertz CT molecular complexity index is 2970. The van der Waals surface area contributed by atoms with Crippen LogP contribution in [-0.4, -0.2) is 0 Å². The summed E-state index contributed by atoms with van der Waals surface area (Å²) < 4.78 is 0. The first-order chi connectivity index (χ1) is 29.0. The van der Waals surface area contributed by atoms with E-state index in [1.54, 1.807) is 0 Å². The molecule has 9 aromatic rings. The fourth-order valence-corrected chi connectivity index (χ4v) is 10.3. The molecule has 1 nitrogen and oxygen atoms in total. The number of hydrogen-bond acceptors (Lipinski definition) is 1. The number of hydrogen-bond donors (Lipinski definition) is 0. The van der Waals surface area contributed by atoms with Gasteiger partial charge in [-0.25, -0.2) is 0 Å². The number of rotatable bonds is 7. The lowest BCUT2D eigenvalue weighted by Crippen LogP contribution is -2.28. The van der Waals surface area contributed by atoms with Crippen molar-refractivity contribution in [2.24, 2.45) is 0 Å². The lowest BCUT2D eigenvalue weighted by Gasteiger charge is -2.35. The summed E-state index contributed by atoms with van der Waals surface area (Å²) in [5.41, 5.74) is 20.5. The monoisotopic (exact) mass is 753 g/mol. The molecule has 1 heteroatoms. The molecule has 0 saturated heterocycles. The fraction of sp³-hybridized carbons (Fsp3) is 0.0690. The van der Waals surface area contributed by atoms with Gasteiger partial charge in [-0.1, -0.05) is 208 Å². The van der Waals surface area contributed by atoms with Gasteiger partial charge in [0, 0.05) is 22.2 Å². The first-order valence-corrected chi connectivity index (χ1v) is 20.7. The summed E-state index contributed by atoms with van der Waals surface area (Å²) in [6.45, 7) is 4.75. The minimum atomic E-state index is -0.513. The summed E-state index contributed by atoms with van der Waals surface area (Å²) in [6, 6.07) is 83.0. The predicted molar refractivity (Wildman–Crippen MR) is 247 cm³/mol. The van der Waals surface area contributed by atoms with Gasteiger partial charge < -0.3 is 4.90 Å². The molecule has 0 aromatic heterocycles. The summed E-state index contributed by atoms with van der Waals surface area (Å²) in [6.07, 6.45) is 0. The molecule has 0 aliphatic heterocycles. The van der Waals surface area contributed by atoms with Gasteiger partial charge in [0.1, 0.15) is 0 Å². The third kappa shape index (κ3) is 5.31. The molecule has 0 N–H and O–H groups in total. The zero-order chi connectivity index (χ0) is 39.6. The van der Waals surface area contributed by atoms with Crippen LogP contribution in [0.1, 0.15) is 47.2 Å². The number of benzene rings is 9. The van der Waals surface area contributed by atoms with E-state index in [-0.39, 0.29) is 5.41 Å². The van der Waals surface area contributed by atoms with E-state index in [1.807, 2.05) is 0 Å². The first-order valence-electron chi connectivity index (χ1n) is 20.7. The zero-order valence-corrected chi connectivity index (χ0v) is 33.3. The van der Waals surface area contributed by atoms with E-state index < -0.39 is 5.41 Å². The Morgan fingerprint density at radius 3 is 1.56 bits per heavy atom. The quantitative estimate of drug-likeness (QED) is 0.157. The highest BCUT2D eigenvalue weighted by atomic mass is 15.1. The van der Waals surface area contributed by atoms with Crippen molar-refractivity contribution in [2.45, 2.75) is 24.7 Å². The molecule has 0 spiro atoms. The molecule has 2 aliphatic carbocycles. The summed E-state index contributed by atoms with van der Waals surface area (Å²) in [5.74, 6) is 0. The molecule has 0 atom stereocenters. The highest BCUT2D eigenvalue weighted by Gasteiger charge is 2.47. The van der Waals surface area contributed by atoms with Crippen molar-refractivity contribution >= 4 is 17.1 Å². The fourth-order valence-electron chi connectivity index (χ4n) is 10.3. The van der Waals surface area contributed by atoms with Gasteiger partial charge >= 0.3 is 0 Å². The van der Waals surface area contributed by atoms with E-state index in [2.05, 4.69) is 243 Å². The minimum Gasteiger partial charge on any atom is -0.309 e. The van der Waals surface area contributed by atoms with Crippen molar-refractivity contribution in [2.75, 3.05) is 4.90 Å². The molecule has 0 radical (unpaired) electrons. The topological polar surface area (TPSA) is 3.24 Å². The molecular formula is C58H43N. The molecule has 9 aromatic carbocycles. The Morgan fingerprint density at radius 2 is 0.831 bits per heavy atom. The molecule has 59 heavy (non-hydrogen) atoms. The number of anilines is 3. The van der Waals surface area contributed by atoms with Crippen LogP contribution in [-0.2, 0) is 10.8 Å². The zero-order valence-electron chi connectivity index (χ0n) is 33.3. The van der Waals surface area contributed by atoms with E-state index in [0.717, 1.165) is 17.1 Å². The Balaban J connectivity index is 1.21. The number of para-hydroxylation sites is 1. The Labute approximate surface area is 347 Å². The average molecular weight is 754 g/mol. The summed E-state index contributed by atoms with van der Waals surface area (Å²) in [7, 11) is 0. The second kappa shape index (κ2) is 13.7. The smallest absolute Gasteiger partial charge is 0.0714 e. The van der Waals surface area contributed by atoms with Crippen molar-refractivity contribution in [3.63, 3.8) is 0 Å². The van der Waals surface area contributed by atoms with Crippen molar-refractivity contribution < 1.29 is 0 Å². The molecule has 0 amide bonds. The maximum absolute atomic E-state index is 2.55. The Kier molecular flexibility index (Phi) is 8.13. The van der Waals surface area contributed by atoms with Crippen LogP contribution in [0.15, 0.2) is 224 Å². The molecule has 0 heterocycles. The van der Waals surface area contributed by atoms with Crippen LogP contribution in [0.5, 0.6) is 0 Å². The Hall–Kier alpha value is -7.22. The van der Waals surface area contributed by atoms with Crippen LogP contribution in [0.25, 0.3) is 44.5 Å². The molecule has 0 saturated carbocycles. The van der Waals surface area contributed by atoms with Gasteiger partial charge in [0.2, 0.25) is 0 Å². The maximum Gasteiger partial charge on any atom is 0.0714 e. The molecule has 0 fully saturated rings. The molecule has 0 unspecified atom stereocenters. The van der Waals surface area contributed by atoms with E-state index in [1.165, 1.54) is 77.9 Å². The number of nitrogens with zero attached hydrogens (tertiary/aromatic N) is 1. The molecular weight excluding hydrogens is 711 g/mol. The largest absolute Gasteiger partial charge is 0.309 e. The third-order valence-corrected chi connectivity index (χ3v) is 13.0. The van der Waals surface area contributed by atoms with Crippen LogP contribution in [0, 0.1) is 0 Å². The van der Waals surface area contributed by atoms with Crippen LogP contribution in [0.4, 0.5) is 17.1 Å². The standard InChI is InChI=1S/C58H43N/c1-57(2)50-31-15-12-29-47(50)48-37-36-45(39-53(48)57)59(54-34-17-14-28-46(54)42-23-18-22-41(38-42)40-20-6-3-7-21-40)55-35-19-33-52-56(55)49-30-13-16-32-51(49)58(52,43-24-8-4-9-25-43)44-26-10-5-11-27-44/h3-39H,1-2H3. The van der Waals surface area contributed by atoms with E-state index in [0.29, 0.717) is 0 Å². The summed E-state index contributed by atoms with van der Waals surface area (Å²) >= 11 is 0. The van der Waals surface area contributed by atoms with Crippen LogP contribution < -0.4 is 4.90 Å². The molecule has 2 aliphatic rings. The van der Waals surface area contributed by atoms with Gasteiger partial charge in [0.15, 0.2) is 0 Å². The van der Waals surface area contributed by atoms with Gasteiger partial charge in [-0.2, -0.15) is 0 Å². The normalized spacial score (nSPS) is 13.9. The number of fused-ring (bicyclic) bond motifs is 6. The molecule has 0 bridgehead atoms.